The number of alkyl halides is 3. The minimum absolute atomic E-state index is 0. The van der Waals surface area contributed by atoms with Gasteiger partial charge in [-0.15, -0.1) is 17.5 Å². The normalized spacial score (nSPS) is 20.8. The number of halogens is 4. The maximum Gasteiger partial charge on any atom is 0.434 e. The van der Waals surface area contributed by atoms with Crippen LogP contribution in [0.5, 0.6) is 0 Å². The molecule has 0 amide bonds. The number of nitrogens with one attached hydrogen (secondary N) is 3. The molecule has 3 rings (SSSR count). The first-order valence-electron chi connectivity index (χ1n) is 7.99. The zero-order valence-electron chi connectivity index (χ0n) is 14.2. The highest BCUT2D eigenvalue weighted by Gasteiger charge is 2.36. The van der Waals surface area contributed by atoms with Crippen LogP contribution in [-0.2, 0) is 6.18 Å². The monoisotopic (exact) mass is 392 g/mol. The van der Waals surface area contributed by atoms with Gasteiger partial charge in [-0.2, -0.15) is 13.2 Å². The predicted molar refractivity (Wildman–Crippen MR) is 93.5 cm³/mol. The largest absolute Gasteiger partial charge is 0.434 e. The van der Waals surface area contributed by atoms with Crippen LogP contribution in [0.4, 0.5) is 18.9 Å². The van der Waals surface area contributed by atoms with E-state index in [1.807, 2.05) is 14.0 Å². The highest BCUT2D eigenvalue weighted by Crippen LogP contribution is 2.39. The average Bonchev–Trinajstić information content (AvgIpc) is 2.91. The molecule has 0 bridgehead atoms. The van der Waals surface area contributed by atoms with E-state index in [4.69, 9.17) is 4.42 Å². The summed E-state index contributed by atoms with van der Waals surface area (Å²) in [5, 5.41) is 11.9. The lowest BCUT2D eigenvalue weighted by Gasteiger charge is -2.39. The van der Waals surface area contributed by atoms with Crippen molar-refractivity contribution in [2.24, 2.45) is 5.92 Å². The molecule has 1 saturated carbocycles. The van der Waals surface area contributed by atoms with Gasteiger partial charge in [0.1, 0.15) is 0 Å². The lowest BCUT2D eigenvalue weighted by atomic mass is 9.76. The molecule has 0 saturated heterocycles. The van der Waals surface area contributed by atoms with Crippen molar-refractivity contribution in [3.8, 4) is 11.5 Å². The van der Waals surface area contributed by atoms with Gasteiger partial charge in [0.05, 0.1) is 5.56 Å². The molecule has 1 atom stereocenters. The van der Waals surface area contributed by atoms with E-state index in [0.717, 1.165) is 18.9 Å². The van der Waals surface area contributed by atoms with Crippen LogP contribution in [0.3, 0.4) is 0 Å². The Kier molecular flexibility index (Phi) is 6.02. The summed E-state index contributed by atoms with van der Waals surface area (Å²) in [7, 11) is 1.88. The second kappa shape index (κ2) is 7.71. The standard InChI is InChI=1S/C16H19F3N4O2.ClH/c1-8(10-5-11(6-10)20-2)21-13-7-9(14-22-23-15(24)25-14)3-4-12(13)16(17,18)19;/h3-4,7-8,10-11,20-21H,5-6H2,1-2H3,(H,23,24);1H/t8-,10?,11?;/m0./s1. The van der Waals surface area contributed by atoms with Crippen molar-refractivity contribution in [2.75, 3.05) is 12.4 Å². The van der Waals surface area contributed by atoms with E-state index in [2.05, 4.69) is 20.8 Å². The molecular weight excluding hydrogens is 373 g/mol. The van der Waals surface area contributed by atoms with Crippen molar-refractivity contribution in [1.29, 1.82) is 0 Å². The van der Waals surface area contributed by atoms with Crippen molar-refractivity contribution in [1.82, 2.24) is 15.5 Å². The topological polar surface area (TPSA) is 83.0 Å². The van der Waals surface area contributed by atoms with Crippen LogP contribution in [0, 0.1) is 5.92 Å². The lowest BCUT2D eigenvalue weighted by molar-refractivity contribution is -0.137. The molecule has 1 aromatic heterocycles. The number of H-pyrrole nitrogens is 1. The number of hydrogen-bond donors (Lipinski definition) is 3. The van der Waals surface area contributed by atoms with Crippen molar-refractivity contribution in [3.63, 3.8) is 0 Å². The van der Waals surface area contributed by atoms with E-state index in [1.54, 1.807) is 0 Å². The van der Waals surface area contributed by atoms with Gasteiger partial charge in [-0.25, -0.2) is 9.89 Å². The first-order valence-corrected chi connectivity index (χ1v) is 7.99. The summed E-state index contributed by atoms with van der Waals surface area (Å²) >= 11 is 0. The van der Waals surface area contributed by atoms with E-state index in [9.17, 15) is 18.0 Å². The fraction of sp³-hybridized carbons (Fsp3) is 0.500. The number of benzene rings is 1. The quantitative estimate of drug-likeness (QED) is 0.727. The Morgan fingerprint density at radius 3 is 2.58 bits per heavy atom. The van der Waals surface area contributed by atoms with E-state index < -0.39 is 17.5 Å². The van der Waals surface area contributed by atoms with Gasteiger partial charge in [-0.1, -0.05) is 0 Å². The summed E-state index contributed by atoms with van der Waals surface area (Å²) in [5.41, 5.74) is -0.510. The van der Waals surface area contributed by atoms with Gasteiger partial charge in [-0.3, -0.25) is 0 Å². The fourth-order valence-corrected chi connectivity index (χ4v) is 3.07. The van der Waals surface area contributed by atoms with E-state index in [1.165, 1.54) is 12.1 Å². The Labute approximate surface area is 154 Å². The van der Waals surface area contributed by atoms with Gasteiger partial charge in [0.25, 0.3) is 0 Å². The molecule has 0 radical (unpaired) electrons. The molecule has 1 heterocycles. The Morgan fingerprint density at radius 1 is 1.35 bits per heavy atom. The number of nitrogens with zero attached hydrogens (tertiary/aromatic N) is 1. The summed E-state index contributed by atoms with van der Waals surface area (Å²) < 4.78 is 44.7. The number of hydrogen-bond acceptors (Lipinski definition) is 5. The molecule has 0 spiro atoms. The number of aromatic nitrogens is 2. The van der Waals surface area contributed by atoms with Crippen molar-refractivity contribution in [3.05, 3.63) is 34.3 Å². The highest BCUT2D eigenvalue weighted by atomic mass is 35.5. The van der Waals surface area contributed by atoms with E-state index in [-0.39, 0.29) is 30.0 Å². The molecule has 1 fully saturated rings. The second-order valence-electron chi connectivity index (χ2n) is 6.33. The molecule has 144 valence electrons. The summed E-state index contributed by atoms with van der Waals surface area (Å²) in [6.07, 6.45) is -2.65. The molecule has 6 nitrogen and oxygen atoms in total. The van der Waals surface area contributed by atoms with Crippen LogP contribution in [0.1, 0.15) is 25.3 Å². The SMILES string of the molecule is CNC1CC([C@H](C)Nc2cc(-c3n[nH]c(=O)o3)ccc2C(F)(F)F)C1.Cl. The van der Waals surface area contributed by atoms with Crippen LogP contribution in [0.2, 0.25) is 0 Å². The Balaban J connectivity index is 0.00000243. The molecule has 2 aromatic rings. The first kappa shape index (κ1) is 20.3. The highest BCUT2D eigenvalue weighted by molar-refractivity contribution is 5.85. The van der Waals surface area contributed by atoms with Crippen LogP contribution in [-0.4, -0.2) is 29.3 Å². The summed E-state index contributed by atoms with van der Waals surface area (Å²) in [6.45, 7) is 1.87. The minimum atomic E-state index is -4.49. The fourth-order valence-electron chi connectivity index (χ4n) is 3.07. The Morgan fingerprint density at radius 2 is 2.04 bits per heavy atom. The van der Waals surface area contributed by atoms with Gasteiger partial charge < -0.3 is 15.1 Å². The number of aromatic amines is 1. The predicted octanol–water partition coefficient (Wildman–Crippen LogP) is 3.27. The van der Waals surface area contributed by atoms with Crippen molar-refractivity contribution >= 4 is 18.1 Å². The average molecular weight is 393 g/mol. The van der Waals surface area contributed by atoms with Gasteiger partial charge in [-0.05, 0) is 50.9 Å². The zero-order chi connectivity index (χ0) is 18.2. The molecular formula is C16H20ClF3N4O2. The maximum atomic E-state index is 13.3. The summed E-state index contributed by atoms with van der Waals surface area (Å²) in [6, 6.07) is 3.81. The van der Waals surface area contributed by atoms with E-state index >= 15 is 0 Å². The third-order valence-electron chi connectivity index (χ3n) is 4.68. The van der Waals surface area contributed by atoms with Crippen molar-refractivity contribution < 1.29 is 17.6 Å². The number of anilines is 1. The second-order valence-corrected chi connectivity index (χ2v) is 6.33. The third kappa shape index (κ3) is 4.21. The molecule has 26 heavy (non-hydrogen) atoms. The van der Waals surface area contributed by atoms with Crippen LogP contribution in [0.25, 0.3) is 11.5 Å². The van der Waals surface area contributed by atoms with Gasteiger partial charge in [0, 0.05) is 23.3 Å². The first-order chi connectivity index (χ1) is 11.8. The zero-order valence-corrected chi connectivity index (χ0v) is 15.0. The smallest absolute Gasteiger partial charge is 0.388 e. The van der Waals surface area contributed by atoms with Gasteiger partial charge >= 0.3 is 11.9 Å². The summed E-state index contributed by atoms with van der Waals surface area (Å²) in [5.74, 6) is -0.510. The molecule has 10 heteroatoms. The molecule has 1 aliphatic rings. The molecule has 3 N–H and O–H groups in total. The van der Waals surface area contributed by atoms with E-state index in [0.29, 0.717) is 17.5 Å². The Hall–Kier alpha value is -2.00. The molecule has 1 aromatic carbocycles. The third-order valence-corrected chi connectivity index (χ3v) is 4.68. The van der Waals surface area contributed by atoms with Crippen LogP contribution < -0.4 is 16.4 Å². The van der Waals surface area contributed by atoms with Crippen molar-refractivity contribution in [2.45, 2.75) is 38.0 Å². The summed E-state index contributed by atoms with van der Waals surface area (Å²) in [4.78, 5) is 11.1. The van der Waals surface area contributed by atoms with Gasteiger partial charge in [0.15, 0.2) is 0 Å². The molecule has 0 unspecified atom stereocenters. The van der Waals surface area contributed by atoms with Gasteiger partial charge in [0.2, 0.25) is 5.89 Å². The molecule has 1 aliphatic carbocycles. The Bertz CT molecular complexity index is 799. The van der Waals surface area contributed by atoms with Crippen LogP contribution >= 0.6 is 12.4 Å². The minimum Gasteiger partial charge on any atom is -0.388 e. The number of rotatable bonds is 5. The van der Waals surface area contributed by atoms with Crippen LogP contribution in [0.15, 0.2) is 27.4 Å². The maximum absolute atomic E-state index is 13.3. The lowest BCUT2D eigenvalue weighted by Crippen LogP contribution is -2.45. The molecule has 0 aliphatic heterocycles.